The lowest BCUT2D eigenvalue weighted by atomic mass is 10.1. The van der Waals surface area contributed by atoms with E-state index in [9.17, 15) is 22.8 Å². The lowest BCUT2D eigenvalue weighted by Gasteiger charge is -2.16. The van der Waals surface area contributed by atoms with Crippen LogP contribution in [0.1, 0.15) is 29.8 Å². The van der Waals surface area contributed by atoms with Gasteiger partial charge in [0.15, 0.2) is 0 Å². The summed E-state index contributed by atoms with van der Waals surface area (Å²) in [4.78, 5) is 28.5. The molecule has 0 aliphatic rings. The maximum Gasteiger partial charge on any atom is 0.421 e. The van der Waals surface area contributed by atoms with Crippen LogP contribution in [0.15, 0.2) is 71.8 Å². The normalized spacial score (nSPS) is 12.3. The molecule has 2 heterocycles. The lowest BCUT2D eigenvalue weighted by Crippen LogP contribution is -2.35. The average molecular weight is 431 g/mol. The molecular weight excluding hydrogens is 411 g/mol. The van der Waals surface area contributed by atoms with E-state index in [-0.39, 0.29) is 6.61 Å². The Kier molecular flexibility index (Phi) is 6.74. The molecule has 31 heavy (non-hydrogen) atoms. The minimum atomic E-state index is -4.78. The predicted octanol–water partition coefficient (Wildman–Crippen LogP) is 3.72. The Bertz CT molecular complexity index is 1100. The highest BCUT2D eigenvalue weighted by Gasteiger charge is 2.34. The van der Waals surface area contributed by atoms with E-state index in [0.717, 1.165) is 28.1 Å². The maximum atomic E-state index is 12.9. The number of amides is 1. The van der Waals surface area contributed by atoms with Gasteiger partial charge in [-0.05, 0) is 48.9 Å². The van der Waals surface area contributed by atoms with Crippen LogP contribution >= 0.6 is 0 Å². The van der Waals surface area contributed by atoms with Crippen LogP contribution in [0.2, 0.25) is 0 Å². The van der Waals surface area contributed by atoms with Gasteiger partial charge in [-0.25, -0.2) is 0 Å². The topological polar surface area (TPSA) is 73.2 Å². The first-order chi connectivity index (χ1) is 14.7. The number of benzene rings is 1. The first kappa shape index (κ1) is 22.1. The average Bonchev–Trinajstić information content (AvgIpc) is 2.74. The van der Waals surface area contributed by atoms with E-state index in [1.54, 1.807) is 37.4 Å². The zero-order valence-corrected chi connectivity index (χ0v) is 16.6. The van der Waals surface area contributed by atoms with Gasteiger partial charge in [-0.1, -0.05) is 18.2 Å². The molecule has 0 spiro atoms. The van der Waals surface area contributed by atoms with E-state index in [1.165, 1.54) is 0 Å². The zero-order valence-electron chi connectivity index (χ0n) is 16.6. The van der Waals surface area contributed by atoms with Crippen molar-refractivity contribution in [1.82, 2.24) is 14.9 Å². The summed E-state index contributed by atoms with van der Waals surface area (Å²) in [6.45, 7) is 1.48. The lowest BCUT2D eigenvalue weighted by molar-refractivity contribution is -0.139. The summed E-state index contributed by atoms with van der Waals surface area (Å²) in [6.07, 6.45) is -1.96. The number of halogens is 3. The number of rotatable bonds is 7. The molecule has 1 aromatic carbocycles. The summed E-state index contributed by atoms with van der Waals surface area (Å²) in [7, 11) is 0. The van der Waals surface area contributed by atoms with Crippen molar-refractivity contribution in [2.24, 2.45) is 0 Å². The second-order valence-electron chi connectivity index (χ2n) is 6.82. The molecule has 1 unspecified atom stereocenters. The molecule has 0 saturated carbocycles. The first-order valence-corrected chi connectivity index (χ1v) is 9.43. The molecular formula is C22H20F3N3O3. The van der Waals surface area contributed by atoms with Gasteiger partial charge in [0.25, 0.3) is 5.56 Å². The molecule has 1 atom stereocenters. The zero-order chi connectivity index (χ0) is 22.4. The van der Waals surface area contributed by atoms with Crippen LogP contribution in [-0.2, 0) is 24.1 Å². The van der Waals surface area contributed by atoms with Crippen molar-refractivity contribution >= 4 is 5.91 Å². The highest BCUT2D eigenvalue weighted by Crippen LogP contribution is 2.26. The molecule has 0 bridgehead atoms. The largest absolute Gasteiger partial charge is 0.487 e. The van der Waals surface area contributed by atoms with Gasteiger partial charge in [-0.15, -0.1) is 0 Å². The van der Waals surface area contributed by atoms with Crippen LogP contribution in [0.4, 0.5) is 13.2 Å². The van der Waals surface area contributed by atoms with Gasteiger partial charge in [0.2, 0.25) is 5.91 Å². The van der Waals surface area contributed by atoms with Gasteiger partial charge < -0.3 is 14.6 Å². The van der Waals surface area contributed by atoms with Gasteiger partial charge in [-0.3, -0.25) is 14.6 Å². The van der Waals surface area contributed by atoms with E-state index < -0.39 is 35.8 Å². The molecule has 3 aromatic rings. The van der Waals surface area contributed by atoms with Gasteiger partial charge >= 0.3 is 6.18 Å². The fraction of sp³-hybridized carbons (Fsp3) is 0.227. The van der Waals surface area contributed by atoms with Crippen molar-refractivity contribution in [3.05, 3.63) is 94.2 Å². The van der Waals surface area contributed by atoms with Crippen LogP contribution in [-0.4, -0.2) is 15.5 Å². The Hall–Kier alpha value is -3.62. The number of nitrogens with one attached hydrogen (secondary N) is 1. The molecule has 6 nitrogen and oxygen atoms in total. The summed E-state index contributed by atoms with van der Waals surface area (Å²) in [6, 6.07) is 13.9. The number of hydrogen-bond donors (Lipinski definition) is 1. The van der Waals surface area contributed by atoms with Crippen LogP contribution in [0.25, 0.3) is 0 Å². The van der Waals surface area contributed by atoms with Gasteiger partial charge in [0.05, 0.1) is 11.7 Å². The molecule has 1 amide bonds. The molecule has 0 radical (unpaired) electrons. The van der Waals surface area contributed by atoms with Gasteiger partial charge in [0, 0.05) is 12.4 Å². The smallest absolute Gasteiger partial charge is 0.421 e. The highest BCUT2D eigenvalue weighted by molar-refractivity contribution is 5.76. The molecule has 3 rings (SSSR count). The van der Waals surface area contributed by atoms with Crippen LogP contribution in [0.5, 0.6) is 5.75 Å². The summed E-state index contributed by atoms with van der Waals surface area (Å²) in [5.41, 5.74) is -1.07. The molecule has 9 heteroatoms. The first-order valence-electron chi connectivity index (χ1n) is 9.43. The third-order valence-electron chi connectivity index (χ3n) is 4.49. The number of aromatic nitrogens is 2. The van der Waals surface area contributed by atoms with Crippen LogP contribution in [0.3, 0.4) is 0 Å². The standard InChI is InChI=1S/C22H20F3N3O3/c1-15(16-6-4-8-18(12-16)31-14-17-7-2-3-10-26-17)27-20(29)13-28-11-5-9-19(21(28)30)22(23,24)25/h2-12,15H,13-14H2,1H3,(H,27,29). The van der Waals surface area contributed by atoms with Crippen molar-refractivity contribution in [3.63, 3.8) is 0 Å². The fourth-order valence-corrected chi connectivity index (χ4v) is 2.92. The second kappa shape index (κ2) is 9.46. The van der Waals surface area contributed by atoms with Crippen molar-refractivity contribution in [1.29, 1.82) is 0 Å². The summed E-state index contributed by atoms with van der Waals surface area (Å²) in [5.74, 6) is -0.00733. The Labute approximate surface area is 176 Å². The summed E-state index contributed by atoms with van der Waals surface area (Å²) >= 11 is 0. The summed E-state index contributed by atoms with van der Waals surface area (Å²) < 4.78 is 45.1. The maximum absolute atomic E-state index is 12.9. The van der Waals surface area contributed by atoms with E-state index in [1.807, 2.05) is 18.2 Å². The van der Waals surface area contributed by atoms with Crippen LogP contribution in [0, 0.1) is 0 Å². The van der Waals surface area contributed by atoms with E-state index in [2.05, 4.69) is 10.3 Å². The number of hydrogen-bond acceptors (Lipinski definition) is 4. The number of carbonyl (C=O) groups is 1. The molecule has 0 aliphatic carbocycles. The van der Waals surface area contributed by atoms with E-state index >= 15 is 0 Å². The van der Waals surface area contributed by atoms with Gasteiger partial charge in [0.1, 0.15) is 24.5 Å². The minimum Gasteiger partial charge on any atom is -0.487 e. The Balaban J connectivity index is 1.63. The molecule has 2 aromatic heterocycles. The number of nitrogens with zero attached hydrogens (tertiary/aromatic N) is 2. The SMILES string of the molecule is CC(NC(=O)Cn1cccc(C(F)(F)F)c1=O)c1cccc(OCc2ccccn2)c1. The number of alkyl halides is 3. The quantitative estimate of drug-likeness (QED) is 0.619. The van der Waals surface area contributed by atoms with E-state index in [0.29, 0.717) is 11.8 Å². The monoisotopic (exact) mass is 431 g/mol. The molecule has 0 aliphatic heterocycles. The van der Waals surface area contributed by atoms with Crippen molar-refractivity contribution in [2.45, 2.75) is 32.3 Å². The molecule has 0 fully saturated rings. The Morgan fingerprint density at radius 2 is 1.97 bits per heavy atom. The van der Waals surface area contributed by atoms with Crippen molar-refractivity contribution in [2.75, 3.05) is 0 Å². The highest BCUT2D eigenvalue weighted by atomic mass is 19.4. The predicted molar refractivity (Wildman–Crippen MR) is 107 cm³/mol. The molecule has 0 saturated heterocycles. The molecule has 1 N–H and O–H groups in total. The van der Waals surface area contributed by atoms with Crippen molar-refractivity contribution in [3.8, 4) is 5.75 Å². The number of ether oxygens (including phenoxy) is 1. The van der Waals surface area contributed by atoms with E-state index in [4.69, 9.17) is 4.74 Å². The Morgan fingerprint density at radius 1 is 1.16 bits per heavy atom. The Morgan fingerprint density at radius 3 is 2.68 bits per heavy atom. The molecule has 162 valence electrons. The van der Waals surface area contributed by atoms with Gasteiger partial charge in [-0.2, -0.15) is 13.2 Å². The van der Waals surface area contributed by atoms with Crippen molar-refractivity contribution < 1.29 is 22.7 Å². The number of carbonyl (C=O) groups excluding carboxylic acids is 1. The summed E-state index contributed by atoms with van der Waals surface area (Å²) in [5, 5.41) is 2.68. The minimum absolute atomic E-state index is 0.281. The third kappa shape index (κ3) is 5.94. The number of pyridine rings is 2. The second-order valence-corrected chi connectivity index (χ2v) is 6.82. The van der Waals surface area contributed by atoms with Crippen LogP contribution < -0.4 is 15.6 Å². The fourth-order valence-electron chi connectivity index (χ4n) is 2.92. The third-order valence-corrected chi connectivity index (χ3v) is 4.49.